The first-order chi connectivity index (χ1) is 12.2. The molecular formula is C21H28F2O3. The molecule has 1 saturated carbocycles. The minimum atomic E-state index is -2.85. The Kier molecular flexibility index (Phi) is 6.93. The quantitative estimate of drug-likeness (QED) is 0.702. The lowest BCUT2D eigenvalue weighted by Gasteiger charge is -2.36. The van der Waals surface area contributed by atoms with E-state index in [0.717, 1.165) is 38.2 Å². The molecule has 0 radical (unpaired) electrons. The van der Waals surface area contributed by atoms with Gasteiger partial charge in [-0.1, -0.05) is 24.3 Å². The second-order valence-electron chi connectivity index (χ2n) is 7.44. The van der Waals surface area contributed by atoms with Crippen LogP contribution < -0.4 is 4.74 Å². The molecular weight excluding hydrogens is 338 g/mol. The zero-order valence-electron chi connectivity index (χ0n) is 15.5. The summed E-state index contributed by atoms with van der Waals surface area (Å²) >= 11 is 0. The lowest BCUT2D eigenvalue weighted by atomic mass is 9.68. The molecule has 2 rings (SSSR count). The Hall–Kier alpha value is -1.75. The van der Waals surface area contributed by atoms with Crippen molar-refractivity contribution < 1.29 is 23.4 Å². The van der Waals surface area contributed by atoms with Crippen LogP contribution in [0.3, 0.4) is 0 Å². The van der Waals surface area contributed by atoms with E-state index in [-0.39, 0.29) is 17.3 Å². The third-order valence-corrected chi connectivity index (χ3v) is 5.13. The Morgan fingerprint density at radius 3 is 2.46 bits per heavy atom. The van der Waals surface area contributed by atoms with Crippen molar-refractivity contribution in [1.29, 1.82) is 0 Å². The Bertz CT molecular complexity index is 609. The molecule has 1 aliphatic carbocycles. The zero-order chi connectivity index (χ0) is 19.2. The smallest absolute Gasteiger partial charge is 0.278 e. The molecule has 1 aromatic carbocycles. The second kappa shape index (κ2) is 8.76. The number of aliphatic hydroxyl groups is 1. The first-order valence-corrected chi connectivity index (χ1v) is 9.17. The largest absolute Gasteiger partial charge is 0.487 e. The number of halogens is 2. The average Bonchev–Trinajstić information content (AvgIpc) is 2.59. The summed E-state index contributed by atoms with van der Waals surface area (Å²) in [5, 5.41) is 9.67. The number of hydrogen-bond acceptors (Lipinski definition) is 3. The van der Waals surface area contributed by atoms with Gasteiger partial charge in [-0.25, -0.2) is 8.78 Å². The molecule has 0 aliphatic heterocycles. The molecule has 144 valence electrons. The highest BCUT2D eigenvalue weighted by atomic mass is 19.3. The van der Waals surface area contributed by atoms with Gasteiger partial charge in [0.05, 0.1) is 6.10 Å². The molecule has 1 fully saturated rings. The van der Waals surface area contributed by atoms with Gasteiger partial charge in [-0.15, -0.1) is 0 Å². The lowest BCUT2D eigenvalue weighted by Crippen LogP contribution is -2.35. The van der Waals surface area contributed by atoms with Gasteiger partial charge in [0.1, 0.15) is 11.5 Å². The molecule has 0 atom stereocenters. The Morgan fingerprint density at radius 1 is 1.31 bits per heavy atom. The van der Waals surface area contributed by atoms with E-state index in [1.165, 1.54) is 0 Å². The number of carbonyl (C=O) groups is 1. The van der Waals surface area contributed by atoms with Gasteiger partial charge >= 0.3 is 0 Å². The second-order valence-corrected chi connectivity index (χ2v) is 7.44. The first kappa shape index (κ1) is 20.6. The maximum Gasteiger partial charge on any atom is 0.278 e. The minimum Gasteiger partial charge on any atom is -0.487 e. The number of benzene rings is 1. The molecule has 5 heteroatoms. The van der Waals surface area contributed by atoms with Crippen LogP contribution in [0.5, 0.6) is 5.75 Å². The van der Waals surface area contributed by atoms with Gasteiger partial charge in [-0.3, -0.25) is 4.79 Å². The van der Waals surface area contributed by atoms with E-state index in [0.29, 0.717) is 18.6 Å². The number of allylic oxidation sites excluding steroid dienone is 1. The summed E-state index contributed by atoms with van der Waals surface area (Å²) in [4.78, 5) is 12.1. The highest BCUT2D eigenvalue weighted by Gasteiger charge is 2.38. The van der Waals surface area contributed by atoms with Crippen molar-refractivity contribution >= 4 is 11.9 Å². The third-order valence-electron chi connectivity index (χ3n) is 5.13. The lowest BCUT2D eigenvalue weighted by molar-refractivity contribution is -0.130. The van der Waals surface area contributed by atoms with E-state index < -0.39 is 12.5 Å². The molecule has 0 saturated heterocycles. The van der Waals surface area contributed by atoms with Gasteiger partial charge in [0.25, 0.3) is 5.92 Å². The molecule has 0 spiro atoms. The van der Waals surface area contributed by atoms with Crippen LogP contribution in [-0.4, -0.2) is 29.5 Å². The first-order valence-electron chi connectivity index (χ1n) is 9.17. The number of ether oxygens (including phenoxy) is 1. The number of ketones is 1. The standard InChI is InChI=1S/C21H28F2O3/c1-16(24)21(13-10-18(25)11-14-21)12-4-3-5-17-6-8-19(9-7-17)26-15-20(2,22)23/h3,5-9,18,25H,4,10-15H2,1-2H3/b5-3-. The Morgan fingerprint density at radius 2 is 1.92 bits per heavy atom. The number of alkyl halides is 2. The molecule has 1 aromatic rings. The van der Waals surface area contributed by atoms with E-state index >= 15 is 0 Å². The monoisotopic (exact) mass is 366 g/mol. The Labute approximate surface area is 154 Å². The van der Waals surface area contributed by atoms with Crippen molar-refractivity contribution in [2.45, 2.75) is 64.4 Å². The van der Waals surface area contributed by atoms with E-state index in [4.69, 9.17) is 4.74 Å². The van der Waals surface area contributed by atoms with Gasteiger partial charge in [-0.05, 0) is 63.1 Å². The topological polar surface area (TPSA) is 46.5 Å². The molecule has 0 heterocycles. The van der Waals surface area contributed by atoms with Gasteiger partial charge in [0.15, 0.2) is 6.61 Å². The van der Waals surface area contributed by atoms with Crippen LogP contribution in [0.1, 0.15) is 57.9 Å². The molecule has 0 amide bonds. The van der Waals surface area contributed by atoms with Crippen LogP contribution in [0, 0.1) is 5.41 Å². The summed E-state index contributed by atoms with van der Waals surface area (Å²) in [6.07, 6.45) is 8.20. The molecule has 0 bridgehead atoms. The van der Waals surface area contributed by atoms with E-state index in [2.05, 4.69) is 0 Å². The molecule has 1 aliphatic rings. The number of rotatable bonds is 8. The molecule has 0 unspecified atom stereocenters. The molecule has 1 N–H and O–H groups in total. The average molecular weight is 366 g/mol. The number of aliphatic hydroxyl groups excluding tert-OH is 1. The van der Waals surface area contributed by atoms with Crippen molar-refractivity contribution in [2.75, 3.05) is 6.61 Å². The highest BCUT2D eigenvalue weighted by molar-refractivity contribution is 5.82. The van der Waals surface area contributed by atoms with Gasteiger partial charge in [0.2, 0.25) is 0 Å². The van der Waals surface area contributed by atoms with Crippen molar-refractivity contribution in [3.63, 3.8) is 0 Å². The Balaban J connectivity index is 1.85. The van der Waals surface area contributed by atoms with Crippen LogP contribution in [-0.2, 0) is 4.79 Å². The van der Waals surface area contributed by atoms with E-state index in [9.17, 15) is 18.7 Å². The summed E-state index contributed by atoms with van der Waals surface area (Å²) in [5.74, 6) is -2.22. The summed E-state index contributed by atoms with van der Waals surface area (Å²) in [7, 11) is 0. The minimum absolute atomic E-state index is 0.215. The number of carbonyl (C=O) groups excluding carboxylic acids is 1. The predicted octanol–water partition coefficient (Wildman–Crippen LogP) is 5.02. The number of hydrogen-bond donors (Lipinski definition) is 1. The molecule has 26 heavy (non-hydrogen) atoms. The summed E-state index contributed by atoms with van der Waals surface area (Å²) in [6.45, 7) is 1.84. The fourth-order valence-electron chi connectivity index (χ4n) is 3.40. The maximum absolute atomic E-state index is 12.8. The van der Waals surface area contributed by atoms with Crippen LogP contribution in [0.15, 0.2) is 30.3 Å². The molecule has 3 nitrogen and oxygen atoms in total. The van der Waals surface area contributed by atoms with Crippen LogP contribution in [0.2, 0.25) is 0 Å². The fraction of sp³-hybridized carbons (Fsp3) is 0.571. The highest BCUT2D eigenvalue weighted by Crippen LogP contribution is 2.41. The van der Waals surface area contributed by atoms with Gasteiger partial charge in [0, 0.05) is 12.3 Å². The third kappa shape index (κ3) is 6.20. The zero-order valence-corrected chi connectivity index (χ0v) is 15.5. The van der Waals surface area contributed by atoms with Gasteiger partial charge < -0.3 is 9.84 Å². The van der Waals surface area contributed by atoms with E-state index in [1.54, 1.807) is 19.1 Å². The summed E-state index contributed by atoms with van der Waals surface area (Å²) in [5.41, 5.74) is 0.656. The van der Waals surface area contributed by atoms with Crippen molar-refractivity contribution in [3.05, 3.63) is 35.9 Å². The van der Waals surface area contributed by atoms with E-state index in [1.807, 2.05) is 24.3 Å². The SMILES string of the molecule is CC(=O)C1(CC/C=C\c2ccc(OCC(C)(F)F)cc2)CCC(O)CC1. The maximum atomic E-state index is 12.8. The van der Waals surface area contributed by atoms with Crippen molar-refractivity contribution in [3.8, 4) is 5.75 Å². The van der Waals surface area contributed by atoms with Crippen LogP contribution in [0.25, 0.3) is 6.08 Å². The van der Waals surface area contributed by atoms with Crippen molar-refractivity contribution in [2.24, 2.45) is 5.41 Å². The summed E-state index contributed by atoms with van der Waals surface area (Å²) in [6, 6.07) is 6.98. The van der Waals surface area contributed by atoms with Crippen LogP contribution >= 0.6 is 0 Å². The summed E-state index contributed by atoms with van der Waals surface area (Å²) < 4.78 is 30.6. The number of Topliss-reactive ketones (excluding diaryl/α,β-unsaturated/α-hetero) is 1. The fourth-order valence-corrected chi connectivity index (χ4v) is 3.40. The van der Waals surface area contributed by atoms with Gasteiger partial charge in [-0.2, -0.15) is 0 Å². The molecule has 0 aromatic heterocycles. The van der Waals surface area contributed by atoms with Crippen molar-refractivity contribution in [1.82, 2.24) is 0 Å². The normalized spacial score (nSPS) is 24.0. The predicted molar refractivity (Wildman–Crippen MR) is 98.4 cm³/mol. The van der Waals surface area contributed by atoms with Crippen LogP contribution in [0.4, 0.5) is 8.78 Å².